The summed E-state index contributed by atoms with van der Waals surface area (Å²) in [4.78, 5) is 6.84. The molecule has 0 amide bonds. The van der Waals surface area contributed by atoms with E-state index < -0.39 is 5.82 Å². The number of rotatable bonds is 3. The van der Waals surface area contributed by atoms with Gasteiger partial charge in [0.25, 0.3) is 0 Å². The van der Waals surface area contributed by atoms with E-state index >= 15 is 0 Å². The molecule has 3 rings (SSSR count). The zero-order chi connectivity index (χ0) is 15.1. The predicted molar refractivity (Wildman–Crippen MR) is 84.6 cm³/mol. The Hall–Kier alpha value is -0.840. The van der Waals surface area contributed by atoms with Gasteiger partial charge >= 0.3 is 0 Å². The number of likely N-dealkylation sites (tertiary alicyclic amines) is 1. The number of alkyl halides is 1. The van der Waals surface area contributed by atoms with Crippen LogP contribution in [0.2, 0.25) is 5.02 Å². The number of nitrogens with zero attached hydrogens (tertiary/aromatic N) is 3. The summed E-state index contributed by atoms with van der Waals surface area (Å²) in [7, 11) is 2.13. The largest absolute Gasteiger partial charge is 0.325 e. The molecule has 1 aliphatic rings. The molecular weight excluding hydrogens is 312 g/mol. The number of halogens is 3. The summed E-state index contributed by atoms with van der Waals surface area (Å²) in [5, 5.41) is -0.108. The molecule has 0 spiro atoms. The smallest absolute Gasteiger partial charge is 0.144 e. The summed E-state index contributed by atoms with van der Waals surface area (Å²) in [5.74, 6) is 0.328. The summed E-state index contributed by atoms with van der Waals surface area (Å²) in [6.07, 6.45) is 2.36. The Morgan fingerprint density at radius 2 is 2.24 bits per heavy atom. The third-order valence-electron chi connectivity index (χ3n) is 4.24. The average Bonchev–Trinajstić information content (AvgIpc) is 2.97. The van der Waals surface area contributed by atoms with E-state index in [0.29, 0.717) is 11.6 Å². The van der Waals surface area contributed by atoms with Crippen molar-refractivity contribution in [3.63, 3.8) is 0 Å². The molecule has 2 heterocycles. The van der Waals surface area contributed by atoms with Crippen LogP contribution >= 0.6 is 23.2 Å². The summed E-state index contributed by atoms with van der Waals surface area (Å²) in [6.45, 7) is 3.80. The standard InChI is InChI=1S/C15H18Cl2FN3/c1-9(16)15-19-13-7-12(18)11(17)6-14(13)21(15)8-10-4-3-5-20(10)2/h6-7,9-10H,3-5,8H2,1-2H3. The monoisotopic (exact) mass is 329 g/mol. The molecule has 0 N–H and O–H groups in total. The maximum absolute atomic E-state index is 13.6. The first-order valence-electron chi connectivity index (χ1n) is 7.17. The Bertz CT molecular complexity index is 668. The van der Waals surface area contributed by atoms with Crippen molar-refractivity contribution in [3.8, 4) is 0 Å². The molecule has 2 unspecified atom stereocenters. The fourth-order valence-electron chi connectivity index (χ4n) is 3.06. The lowest BCUT2D eigenvalue weighted by molar-refractivity contribution is 0.282. The molecule has 1 aliphatic heterocycles. The molecule has 0 bridgehead atoms. The van der Waals surface area contributed by atoms with Gasteiger partial charge in [0, 0.05) is 18.7 Å². The van der Waals surface area contributed by atoms with Gasteiger partial charge in [0.2, 0.25) is 0 Å². The highest BCUT2D eigenvalue weighted by Gasteiger charge is 2.25. The number of aromatic nitrogens is 2. The van der Waals surface area contributed by atoms with Crippen LogP contribution in [0.4, 0.5) is 4.39 Å². The van der Waals surface area contributed by atoms with E-state index in [1.54, 1.807) is 6.07 Å². The van der Waals surface area contributed by atoms with E-state index in [1.165, 1.54) is 12.5 Å². The van der Waals surface area contributed by atoms with Crippen LogP contribution < -0.4 is 0 Å². The highest BCUT2D eigenvalue weighted by atomic mass is 35.5. The first kappa shape index (κ1) is 15.1. The number of hydrogen-bond acceptors (Lipinski definition) is 2. The van der Waals surface area contributed by atoms with E-state index in [1.807, 2.05) is 6.92 Å². The topological polar surface area (TPSA) is 21.1 Å². The highest BCUT2D eigenvalue weighted by molar-refractivity contribution is 6.31. The minimum atomic E-state index is -0.444. The molecule has 2 atom stereocenters. The minimum Gasteiger partial charge on any atom is -0.325 e. The SMILES string of the molecule is CC(Cl)c1nc2cc(F)c(Cl)cc2n1CC1CCCN1C. The van der Waals surface area contributed by atoms with Crippen LogP contribution in [0.15, 0.2) is 12.1 Å². The fourth-order valence-corrected chi connectivity index (χ4v) is 3.38. The maximum Gasteiger partial charge on any atom is 0.144 e. The van der Waals surface area contributed by atoms with Crippen LogP contribution in [0.3, 0.4) is 0 Å². The van der Waals surface area contributed by atoms with Crippen molar-refractivity contribution < 1.29 is 4.39 Å². The number of imidazole rings is 1. The van der Waals surface area contributed by atoms with Gasteiger partial charge in [-0.15, -0.1) is 11.6 Å². The molecule has 0 radical (unpaired) electrons. The van der Waals surface area contributed by atoms with Gasteiger partial charge in [-0.05, 0) is 39.4 Å². The zero-order valence-corrected chi connectivity index (χ0v) is 13.6. The van der Waals surface area contributed by atoms with E-state index in [4.69, 9.17) is 23.2 Å². The van der Waals surface area contributed by atoms with E-state index in [2.05, 4.69) is 21.5 Å². The van der Waals surface area contributed by atoms with Crippen molar-refractivity contribution in [1.82, 2.24) is 14.5 Å². The van der Waals surface area contributed by atoms with Gasteiger partial charge in [-0.2, -0.15) is 0 Å². The van der Waals surface area contributed by atoms with Crippen molar-refractivity contribution in [2.24, 2.45) is 0 Å². The molecule has 2 aromatic rings. The summed E-state index contributed by atoms with van der Waals surface area (Å²) in [6, 6.07) is 3.49. The number of benzene rings is 1. The Balaban J connectivity index is 2.09. The first-order chi connectivity index (χ1) is 9.97. The zero-order valence-electron chi connectivity index (χ0n) is 12.1. The van der Waals surface area contributed by atoms with Crippen molar-refractivity contribution in [3.05, 3.63) is 28.8 Å². The predicted octanol–water partition coefficient (Wildman–Crippen LogP) is 4.22. The molecular formula is C15H18Cl2FN3. The van der Waals surface area contributed by atoms with Crippen molar-refractivity contribution >= 4 is 34.2 Å². The lowest BCUT2D eigenvalue weighted by Gasteiger charge is -2.22. The lowest BCUT2D eigenvalue weighted by Crippen LogP contribution is -2.30. The van der Waals surface area contributed by atoms with E-state index in [9.17, 15) is 4.39 Å². The molecule has 6 heteroatoms. The van der Waals surface area contributed by atoms with Gasteiger partial charge in [0.1, 0.15) is 11.6 Å². The Labute approximate surface area is 133 Å². The second-order valence-corrected chi connectivity index (χ2v) is 6.79. The second-order valence-electron chi connectivity index (χ2n) is 5.73. The summed E-state index contributed by atoms with van der Waals surface area (Å²) in [5.41, 5.74) is 1.46. The molecule has 0 aliphatic carbocycles. The molecule has 21 heavy (non-hydrogen) atoms. The molecule has 1 saturated heterocycles. The van der Waals surface area contributed by atoms with Crippen LogP contribution in [0.1, 0.15) is 31.0 Å². The molecule has 0 saturated carbocycles. The Kier molecular flexibility index (Phi) is 4.12. The molecule has 1 aromatic heterocycles. The summed E-state index contributed by atoms with van der Waals surface area (Å²) >= 11 is 12.2. The van der Waals surface area contributed by atoms with Crippen LogP contribution in [0.25, 0.3) is 11.0 Å². The second kappa shape index (κ2) is 5.75. The van der Waals surface area contributed by atoms with E-state index in [0.717, 1.165) is 30.9 Å². The number of fused-ring (bicyclic) bond motifs is 1. The Morgan fingerprint density at radius 1 is 1.48 bits per heavy atom. The minimum absolute atomic E-state index is 0.122. The lowest BCUT2D eigenvalue weighted by atomic mass is 10.2. The highest BCUT2D eigenvalue weighted by Crippen LogP contribution is 2.30. The number of hydrogen-bond donors (Lipinski definition) is 0. The van der Waals surface area contributed by atoms with Gasteiger partial charge < -0.3 is 9.47 Å². The maximum atomic E-state index is 13.6. The molecule has 1 fully saturated rings. The van der Waals surface area contributed by atoms with Crippen LogP contribution in [0, 0.1) is 5.82 Å². The van der Waals surface area contributed by atoms with Gasteiger partial charge in [0.15, 0.2) is 0 Å². The van der Waals surface area contributed by atoms with Gasteiger partial charge in [-0.3, -0.25) is 0 Å². The molecule has 114 valence electrons. The van der Waals surface area contributed by atoms with E-state index in [-0.39, 0.29) is 10.4 Å². The van der Waals surface area contributed by atoms with Gasteiger partial charge in [-0.1, -0.05) is 11.6 Å². The number of likely N-dealkylation sites (N-methyl/N-ethyl adjacent to an activating group) is 1. The molecule has 1 aromatic carbocycles. The summed E-state index contributed by atoms with van der Waals surface area (Å²) < 4.78 is 15.7. The quantitative estimate of drug-likeness (QED) is 0.786. The van der Waals surface area contributed by atoms with Crippen molar-refractivity contribution in [1.29, 1.82) is 0 Å². The fraction of sp³-hybridized carbons (Fsp3) is 0.533. The van der Waals surface area contributed by atoms with Crippen LogP contribution in [-0.4, -0.2) is 34.1 Å². The first-order valence-corrected chi connectivity index (χ1v) is 7.98. The Morgan fingerprint density at radius 3 is 2.86 bits per heavy atom. The van der Waals surface area contributed by atoms with Gasteiger partial charge in [-0.25, -0.2) is 9.37 Å². The van der Waals surface area contributed by atoms with Crippen LogP contribution in [0.5, 0.6) is 0 Å². The third kappa shape index (κ3) is 2.77. The van der Waals surface area contributed by atoms with Crippen molar-refractivity contribution in [2.75, 3.05) is 13.6 Å². The molecule has 3 nitrogen and oxygen atoms in total. The normalized spacial score (nSPS) is 21.3. The van der Waals surface area contributed by atoms with Crippen molar-refractivity contribution in [2.45, 2.75) is 37.7 Å². The average molecular weight is 330 g/mol. The van der Waals surface area contributed by atoms with Crippen LogP contribution in [-0.2, 0) is 6.54 Å². The third-order valence-corrected chi connectivity index (χ3v) is 4.73. The van der Waals surface area contributed by atoms with Gasteiger partial charge in [0.05, 0.1) is 21.4 Å².